The number of aromatic nitrogens is 1. The van der Waals surface area contributed by atoms with Gasteiger partial charge >= 0.3 is 0 Å². The van der Waals surface area contributed by atoms with Crippen molar-refractivity contribution in [2.45, 2.75) is 6.92 Å². The molecule has 4 heteroatoms. The molecule has 82 valence electrons. The summed E-state index contributed by atoms with van der Waals surface area (Å²) in [6.45, 7) is 1.89. The normalized spacial score (nSPS) is 11.5. The molecule has 0 radical (unpaired) electrons. The predicted octanol–water partition coefficient (Wildman–Crippen LogP) is 2.99. The Bertz CT molecular complexity index is 471. The summed E-state index contributed by atoms with van der Waals surface area (Å²) in [6, 6.07) is 9.91. The molecule has 0 aliphatic rings. The van der Waals surface area contributed by atoms with Gasteiger partial charge in [0.05, 0.1) is 17.1 Å². The van der Waals surface area contributed by atoms with Crippen LogP contribution in [0.2, 0.25) is 0 Å². The molecule has 2 N–H and O–H groups in total. The van der Waals surface area contributed by atoms with E-state index in [2.05, 4.69) is 15.5 Å². The number of hydrogen-bond acceptors (Lipinski definition) is 2. The molecular formula is C12H12FN3. The summed E-state index contributed by atoms with van der Waals surface area (Å²) in [5.74, 6) is -0.254. The van der Waals surface area contributed by atoms with E-state index in [9.17, 15) is 4.39 Å². The molecule has 2 aromatic rings. The predicted molar refractivity (Wildman–Crippen MR) is 63.0 cm³/mol. The summed E-state index contributed by atoms with van der Waals surface area (Å²) in [7, 11) is 0. The molecule has 0 aliphatic heterocycles. The molecule has 0 atom stereocenters. The van der Waals surface area contributed by atoms with Crippen LogP contribution in [0.25, 0.3) is 0 Å². The monoisotopic (exact) mass is 217 g/mol. The largest absolute Gasteiger partial charge is 0.360 e. The lowest BCUT2D eigenvalue weighted by atomic mass is 10.3. The Balaban J connectivity index is 2.06. The maximum absolute atomic E-state index is 12.6. The van der Waals surface area contributed by atoms with Gasteiger partial charge in [-0.25, -0.2) is 4.39 Å². The van der Waals surface area contributed by atoms with E-state index in [1.54, 1.807) is 12.1 Å². The molecule has 1 aromatic heterocycles. The first-order chi connectivity index (χ1) is 7.75. The second-order valence-electron chi connectivity index (χ2n) is 3.40. The zero-order valence-corrected chi connectivity index (χ0v) is 8.87. The fourth-order valence-electron chi connectivity index (χ4n) is 1.29. The Kier molecular flexibility index (Phi) is 3.00. The third-order valence-corrected chi connectivity index (χ3v) is 2.18. The van der Waals surface area contributed by atoms with Gasteiger partial charge in [0.1, 0.15) is 5.82 Å². The highest BCUT2D eigenvalue weighted by Crippen LogP contribution is 2.08. The second kappa shape index (κ2) is 4.61. The van der Waals surface area contributed by atoms with Gasteiger partial charge in [-0.2, -0.15) is 5.10 Å². The topological polar surface area (TPSA) is 40.2 Å². The lowest BCUT2D eigenvalue weighted by Crippen LogP contribution is -1.99. The molecule has 16 heavy (non-hydrogen) atoms. The van der Waals surface area contributed by atoms with Gasteiger partial charge in [0.15, 0.2) is 0 Å². The standard InChI is InChI=1S/C12H12FN3/c1-9(12-3-2-8-14-12)15-16-11-6-4-10(13)5-7-11/h2-8,14,16H,1H3/b15-9+. The van der Waals surface area contributed by atoms with Crippen LogP contribution in [0.15, 0.2) is 47.7 Å². The van der Waals surface area contributed by atoms with E-state index in [1.165, 1.54) is 12.1 Å². The van der Waals surface area contributed by atoms with Crippen LogP contribution in [-0.4, -0.2) is 10.7 Å². The quantitative estimate of drug-likeness (QED) is 0.602. The number of nitrogens with one attached hydrogen (secondary N) is 2. The average molecular weight is 217 g/mol. The van der Waals surface area contributed by atoms with Crippen LogP contribution in [0.1, 0.15) is 12.6 Å². The van der Waals surface area contributed by atoms with Crippen molar-refractivity contribution in [3.8, 4) is 0 Å². The number of halogens is 1. The molecule has 0 saturated carbocycles. The van der Waals surface area contributed by atoms with Crippen molar-refractivity contribution in [3.05, 3.63) is 54.1 Å². The number of benzene rings is 1. The van der Waals surface area contributed by atoms with Crippen molar-refractivity contribution in [3.63, 3.8) is 0 Å². The molecule has 0 amide bonds. The summed E-state index contributed by atoms with van der Waals surface area (Å²) >= 11 is 0. The summed E-state index contributed by atoms with van der Waals surface area (Å²) in [6.07, 6.45) is 1.84. The van der Waals surface area contributed by atoms with Gasteiger partial charge in [-0.3, -0.25) is 5.43 Å². The summed E-state index contributed by atoms with van der Waals surface area (Å²) in [5.41, 5.74) is 5.41. The van der Waals surface area contributed by atoms with Crippen molar-refractivity contribution in [1.29, 1.82) is 0 Å². The third kappa shape index (κ3) is 2.48. The van der Waals surface area contributed by atoms with E-state index in [0.717, 1.165) is 17.1 Å². The first-order valence-electron chi connectivity index (χ1n) is 4.95. The summed E-state index contributed by atoms with van der Waals surface area (Å²) in [5, 5.41) is 4.18. The van der Waals surface area contributed by atoms with Gasteiger partial charge in [0.25, 0.3) is 0 Å². The van der Waals surface area contributed by atoms with E-state index >= 15 is 0 Å². The molecule has 0 aliphatic carbocycles. The van der Waals surface area contributed by atoms with Gasteiger partial charge < -0.3 is 4.98 Å². The molecule has 3 nitrogen and oxygen atoms in total. The number of aromatic amines is 1. The first kappa shape index (κ1) is 10.4. The van der Waals surface area contributed by atoms with Crippen molar-refractivity contribution < 1.29 is 4.39 Å². The fourth-order valence-corrected chi connectivity index (χ4v) is 1.29. The molecule has 0 fully saturated rings. The number of H-pyrrole nitrogens is 1. The molecule has 2 rings (SSSR count). The molecule has 0 saturated heterocycles. The lowest BCUT2D eigenvalue weighted by molar-refractivity contribution is 0.628. The molecule has 0 bridgehead atoms. The molecule has 0 spiro atoms. The minimum absolute atomic E-state index is 0.254. The van der Waals surface area contributed by atoms with Crippen LogP contribution in [0.3, 0.4) is 0 Å². The Morgan fingerprint density at radius 3 is 2.62 bits per heavy atom. The van der Waals surface area contributed by atoms with E-state index in [0.29, 0.717) is 0 Å². The Labute approximate surface area is 93.0 Å². The SMILES string of the molecule is C/C(=N\Nc1ccc(F)cc1)c1ccc[nH]1. The van der Waals surface area contributed by atoms with E-state index in [4.69, 9.17) is 0 Å². The number of nitrogens with zero attached hydrogens (tertiary/aromatic N) is 1. The van der Waals surface area contributed by atoms with Gasteiger partial charge in [-0.15, -0.1) is 0 Å². The Hall–Kier alpha value is -2.10. The highest BCUT2D eigenvalue weighted by atomic mass is 19.1. The van der Waals surface area contributed by atoms with Gasteiger partial charge in [-0.05, 0) is 43.3 Å². The smallest absolute Gasteiger partial charge is 0.123 e. The van der Waals surface area contributed by atoms with E-state index in [1.807, 2.05) is 25.3 Å². The average Bonchev–Trinajstić information content (AvgIpc) is 2.81. The van der Waals surface area contributed by atoms with Crippen LogP contribution in [-0.2, 0) is 0 Å². The van der Waals surface area contributed by atoms with Crippen molar-refractivity contribution in [2.24, 2.45) is 5.10 Å². The third-order valence-electron chi connectivity index (χ3n) is 2.18. The van der Waals surface area contributed by atoms with Crippen LogP contribution in [0, 0.1) is 5.82 Å². The number of hydrazone groups is 1. The van der Waals surface area contributed by atoms with Crippen LogP contribution in [0.5, 0.6) is 0 Å². The maximum Gasteiger partial charge on any atom is 0.123 e. The highest BCUT2D eigenvalue weighted by molar-refractivity contribution is 5.97. The van der Waals surface area contributed by atoms with Gasteiger partial charge in [0.2, 0.25) is 0 Å². The highest BCUT2D eigenvalue weighted by Gasteiger charge is 1.96. The molecule has 1 heterocycles. The number of anilines is 1. The van der Waals surface area contributed by atoms with E-state index < -0.39 is 0 Å². The Morgan fingerprint density at radius 1 is 1.25 bits per heavy atom. The lowest BCUT2D eigenvalue weighted by Gasteiger charge is -2.01. The molecule has 0 unspecified atom stereocenters. The minimum atomic E-state index is -0.254. The minimum Gasteiger partial charge on any atom is -0.360 e. The first-order valence-corrected chi connectivity index (χ1v) is 4.95. The Morgan fingerprint density at radius 2 is 2.00 bits per heavy atom. The van der Waals surface area contributed by atoms with Crippen molar-refractivity contribution >= 4 is 11.4 Å². The van der Waals surface area contributed by atoms with E-state index in [-0.39, 0.29) is 5.82 Å². The van der Waals surface area contributed by atoms with Gasteiger partial charge in [0, 0.05) is 6.20 Å². The second-order valence-corrected chi connectivity index (χ2v) is 3.40. The van der Waals surface area contributed by atoms with Crippen LogP contribution in [0.4, 0.5) is 10.1 Å². The molecular weight excluding hydrogens is 205 g/mol. The zero-order chi connectivity index (χ0) is 11.4. The van der Waals surface area contributed by atoms with Gasteiger partial charge in [-0.1, -0.05) is 0 Å². The van der Waals surface area contributed by atoms with Crippen molar-refractivity contribution in [2.75, 3.05) is 5.43 Å². The van der Waals surface area contributed by atoms with Crippen molar-refractivity contribution in [1.82, 2.24) is 4.98 Å². The summed E-state index contributed by atoms with van der Waals surface area (Å²) < 4.78 is 12.6. The maximum atomic E-state index is 12.6. The molecule has 1 aromatic carbocycles. The number of rotatable bonds is 3. The van der Waals surface area contributed by atoms with Crippen LogP contribution < -0.4 is 5.43 Å². The zero-order valence-electron chi connectivity index (χ0n) is 8.87. The van der Waals surface area contributed by atoms with Crippen LogP contribution >= 0.6 is 0 Å². The number of hydrogen-bond donors (Lipinski definition) is 2. The summed E-state index contributed by atoms with van der Waals surface area (Å²) in [4.78, 5) is 3.05. The fraction of sp³-hybridized carbons (Fsp3) is 0.0833.